The van der Waals surface area contributed by atoms with Crippen LogP contribution in [-0.4, -0.2) is 0 Å². The van der Waals surface area contributed by atoms with Gasteiger partial charge in [-0.1, -0.05) is 0 Å². The van der Waals surface area contributed by atoms with Crippen LogP contribution in [0.25, 0.3) is 0 Å². The molecule has 0 fully saturated rings. The molecule has 0 amide bonds. The van der Waals surface area contributed by atoms with Gasteiger partial charge in [0.25, 0.3) is 0 Å². The van der Waals surface area contributed by atoms with Crippen LogP contribution < -0.4 is 9.79 Å². The minimum atomic E-state index is -3.62. The molecule has 0 N–H and O–H groups in total. The summed E-state index contributed by atoms with van der Waals surface area (Å²) >= 11 is 0. The summed E-state index contributed by atoms with van der Waals surface area (Å²) in [4.78, 5) is 16.7. The van der Waals surface area contributed by atoms with Gasteiger partial charge in [0.05, 0.1) is 0 Å². The first-order valence-electron chi connectivity index (χ1n) is 0.534. The third-order valence-corrected chi connectivity index (χ3v) is 0. The SMILES string of the molecule is [Fe+2].[O-]P([O-])F. The minimum Gasteiger partial charge on any atom is -0.816 e. The first-order chi connectivity index (χ1) is 1.73. The molecule has 0 aromatic rings. The summed E-state index contributed by atoms with van der Waals surface area (Å²) in [7, 11) is -3.62. The normalized spacial score (nSPS) is 7.20. The van der Waals surface area contributed by atoms with Crippen LogP contribution in [0.15, 0.2) is 0 Å². The van der Waals surface area contributed by atoms with Crippen molar-refractivity contribution in [3.63, 3.8) is 0 Å². The van der Waals surface area contributed by atoms with Gasteiger partial charge in [0.15, 0.2) is 0 Å². The summed E-state index contributed by atoms with van der Waals surface area (Å²) in [6.45, 7) is 0. The first kappa shape index (κ1) is 9.25. The smallest absolute Gasteiger partial charge is 0.816 e. The molecular weight excluding hydrogens is 138 g/mol. The van der Waals surface area contributed by atoms with E-state index >= 15 is 0 Å². The summed E-state index contributed by atoms with van der Waals surface area (Å²) in [6, 6.07) is 0. The fraction of sp³-hybridized carbons (Fsp3) is 0. The van der Waals surface area contributed by atoms with Gasteiger partial charge in [0, 0.05) is 0 Å². The molecule has 0 spiro atoms. The average molecular weight is 138 g/mol. The molecule has 2 nitrogen and oxygen atoms in total. The quantitative estimate of drug-likeness (QED) is 0.315. The van der Waals surface area contributed by atoms with Gasteiger partial charge in [-0.05, 0) is 0 Å². The van der Waals surface area contributed by atoms with Crippen molar-refractivity contribution in [2.75, 3.05) is 0 Å². The van der Waals surface area contributed by atoms with Gasteiger partial charge < -0.3 is 9.79 Å². The molecule has 0 saturated heterocycles. The van der Waals surface area contributed by atoms with E-state index in [9.17, 15) is 4.20 Å². The summed E-state index contributed by atoms with van der Waals surface area (Å²) < 4.78 is 9.95. The molecule has 0 rings (SSSR count). The summed E-state index contributed by atoms with van der Waals surface area (Å²) in [6.07, 6.45) is 0. The number of rotatable bonds is 0. The Morgan fingerprint density at radius 1 is 1.40 bits per heavy atom. The van der Waals surface area contributed by atoms with E-state index in [0.29, 0.717) is 0 Å². The topological polar surface area (TPSA) is 46.1 Å². The van der Waals surface area contributed by atoms with Crippen LogP contribution in [0.4, 0.5) is 4.20 Å². The third kappa shape index (κ3) is 58.8. The molecule has 0 unspecified atom stereocenters. The van der Waals surface area contributed by atoms with Crippen LogP contribution in [0.3, 0.4) is 0 Å². The van der Waals surface area contributed by atoms with Crippen molar-refractivity contribution in [3.05, 3.63) is 0 Å². The predicted molar refractivity (Wildman–Crippen MR) is 8.03 cm³/mol. The summed E-state index contributed by atoms with van der Waals surface area (Å²) in [5.41, 5.74) is 0. The zero-order chi connectivity index (χ0) is 3.58. The van der Waals surface area contributed by atoms with Crippen molar-refractivity contribution < 1.29 is 31.1 Å². The maximum Gasteiger partial charge on any atom is 2.00 e. The van der Waals surface area contributed by atoms with Crippen LogP contribution in [0, 0.1) is 0 Å². The fourth-order valence-corrected chi connectivity index (χ4v) is 0. The molecule has 5 heteroatoms. The molecule has 0 aliphatic heterocycles. The van der Waals surface area contributed by atoms with Crippen molar-refractivity contribution in [1.82, 2.24) is 0 Å². The molecule has 0 bridgehead atoms. The van der Waals surface area contributed by atoms with Crippen molar-refractivity contribution >= 4 is 8.69 Å². The van der Waals surface area contributed by atoms with E-state index in [-0.39, 0.29) is 17.1 Å². The molecule has 0 radical (unpaired) electrons. The van der Waals surface area contributed by atoms with E-state index in [2.05, 4.69) is 0 Å². The van der Waals surface area contributed by atoms with Crippen LogP contribution in [0.1, 0.15) is 0 Å². The Balaban J connectivity index is 0. The monoisotopic (exact) mass is 138 g/mol. The maximum absolute atomic E-state index is 9.95. The Labute approximate surface area is 40.5 Å². The first-order valence-corrected chi connectivity index (χ1v) is 1.60. The second kappa shape index (κ2) is 4.80. The van der Waals surface area contributed by atoms with Crippen LogP contribution >= 0.6 is 8.69 Å². The molecule has 0 heterocycles. The summed E-state index contributed by atoms with van der Waals surface area (Å²) in [5, 5.41) is 0. The molecule has 5 heavy (non-hydrogen) atoms. The predicted octanol–water partition coefficient (Wildman–Crippen LogP) is -1.10. The second-order valence-corrected chi connectivity index (χ2v) is 0.638. The van der Waals surface area contributed by atoms with E-state index in [1.165, 1.54) is 0 Å². The zero-order valence-corrected chi connectivity index (χ0v) is 3.99. The standard InChI is InChI=1S/FO2P.Fe/c1-4(2)3;/q-2;+2. The van der Waals surface area contributed by atoms with Crippen molar-refractivity contribution in [2.45, 2.75) is 0 Å². The Morgan fingerprint density at radius 3 is 1.40 bits per heavy atom. The number of halogens is 1. The van der Waals surface area contributed by atoms with Gasteiger partial charge in [0.1, 0.15) is 0 Å². The third-order valence-electron chi connectivity index (χ3n) is 0. The van der Waals surface area contributed by atoms with E-state index in [1.54, 1.807) is 0 Å². The Morgan fingerprint density at radius 2 is 1.40 bits per heavy atom. The van der Waals surface area contributed by atoms with Gasteiger partial charge in [0.2, 0.25) is 0 Å². The molecule has 0 aromatic carbocycles. The van der Waals surface area contributed by atoms with Gasteiger partial charge in [-0.2, -0.15) is 0 Å². The largest absolute Gasteiger partial charge is 2.00 e. The van der Waals surface area contributed by atoms with E-state index < -0.39 is 8.69 Å². The van der Waals surface area contributed by atoms with Gasteiger partial charge in [-0.3, -0.25) is 4.20 Å². The van der Waals surface area contributed by atoms with E-state index in [0.717, 1.165) is 0 Å². The van der Waals surface area contributed by atoms with Crippen LogP contribution in [-0.2, 0) is 17.1 Å². The van der Waals surface area contributed by atoms with E-state index in [1.807, 2.05) is 0 Å². The second-order valence-electron chi connectivity index (χ2n) is 0.213. The Kier molecular flexibility index (Phi) is 8.88. The zero-order valence-electron chi connectivity index (χ0n) is 2.00. The molecule has 0 aromatic heterocycles. The number of hydrogen-bond donors (Lipinski definition) is 0. The molecule has 0 aliphatic rings. The van der Waals surface area contributed by atoms with Crippen LogP contribution in [0.2, 0.25) is 0 Å². The summed E-state index contributed by atoms with van der Waals surface area (Å²) in [5.74, 6) is 0. The molecule has 32 valence electrons. The molecular formula is FFeO2P. The van der Waals surface area contributed by atoms with Crippen molar-refractivity contribution in [1.29, 1.82) is 0 Å². The van der Waals surface area contributed by atoms with Gasteiger partial charge >= 0.3 is 17.1 Å². The number of hydrogen-bond acceptors (Lipinski definition) is 2. The maximum atomic E-state index is 9.95. The Bertz CT molecular complexity index is 14.4. The van der Waals surface area contributed by atoms with Gasteiger partial charge in [-0.25, -0.2) is 0 Å². The van der Waals surface area contributed by atoms with E-state index in [4.69, 9.17) is 9.79 Å². The van der Waals surface area contributed by atoms with Crippen molar-refractivity contribution in [2.24, 2.45) is 0 Å². The average Bonchev–Trinajstić information content (AvgIpc) is 0.811. The molecule has 0 aliphatic carbocycles. The molecule has 0 atom stereocenters. The van der Waals surface area contributed by atoms with Gasteiger partial charge in [-0.15, -0.1) is 8.69 Å². The Hall–Kier alpha value is 0.799. The molecule has 0 saturated carbocycles. The fourth-order valence-electron chi connectivity index (χ4n) is 0. The van der Waals surface area contributed by atoms with Crippen LogP contribution in [0.5, 0.6) is 0 Å². The van der Waals surface area contributed by atoms with Crippen molar-refractivity contribution in [3.8, 4) is 0 Å². The minimum absolute atomic E-state index is 0.